The molecule has 41 heavy (non-hydrogen) atoms. The fourth-order valence-corrected chi connectivity index (χ4v) is 7.75. The maximum absolute atomic E-state index is 14.1. The van der Waals surface area contributed by atoms with Gasteiger partial charge in [0.2, 0.25) is 5.60 Å². The summed E-state index contributed by atoms with van der Waals surface area (Å²) in [7, 11) is 0. The van der Waals surface area contributed by atoms with Crippen molar-refractivity contribution in [2.45, 2.75) is 83.1 Å². The van der Waals surface area contributed by atoms with Gasteiger partial charge in [0.15, 0.2) is 5.72 Å². The lowest BCUT2D eigenvalue weighted by molar-refractivity contribution is -0.209. The fraction of sp³-hybridized carbons (Fsp3) is 0.394. The molecule has 0 saturated carbocycles. The monoisotopic (exact) mass is 551 g/mol. The van der Waals surface area contributed by atoms with E-state index in [0.29, 0.717) is 18.5 Å². The lowest BCUT2D eigenvalue weighted by Crippen LogP contribution is -2.57. The second-order valence-corrected chi connectivity index (χ2v) is 11.9. The SMILES string of the molecule is CCCCC(CC)OC(=O)[C@]1(O)C[C@@H]2O[C@]1(C)n1c3ccccc3c3c4c(c5c6ccccc6n2c5c31)C(=O)NC4. The zero-order valence-corrected chi connectivity index (χ0v) is 23.5. The quantitative estimate of drug-likeness (QED) is 0.253. The molecular weight excluding hydrogens is 518 g/mol. The lowest BCUT2D eigenvalue weighted by atomic mass is 9.88. The highest BCUT2D eigenvalue weighted by Gasteiger charge is 2.66. The van der Waals surface area contributed by atoms with Gasteiger partial charge in [-0.3, -0.25) is 4.79 Å². The van der Waals surface area contributed by atoms with Crippen LogP contribution in [0.1, 0.15) is 75.0 Å². The molecule has 3 aliphatic heterocycles. The summed E-state index contributed by atoms with van der Waals surface area (Å²) in [6.07, 6.45) is 2.48. The van der Waals surface area contributed by atoms with E-state index >= 15 is 0 Å². The molecule has 4 atom stereocenters. The Bertz CT molecular complexity index is 1950. The molecule has 1 unspecified atom stereocenters. The highest BCUT2D eigenvalue weighted by atomic mass is 16.6. The smallest absolute Gasteiger partial charge is 0.343 e. The zero-order valence-electron chi connectivity index (χ0n) is 23.5. The summed E-state index contributed by atoms with van der Waals surface area (Å²) in [4.78, 5) is 27.5. The van der Waals surface area contributed by atoms with Crippen LogP contribution in [0.3, 0.4) is 0 Å². The minimum atomic E-state index is -1.95. The molecule has 8 heteroatoms. The van der Waals surface area contributed by atoms with Crippen LogP contribution in [0.2, 0.25) is 0 Å². The van der Waals surface area contributed by atoms with Crippen LogP contribution >= 0.6 is 0 Å². The number of fused-ring (bicyclic) bond motifs is 13. The number of carbonyl (C=O) groups excluding carboxylic acids is 2. The van der Waals surface area contributed by atoms with Gasteiger partial charge in [-0.25, -0.2) is 4.79 Å². The van der Waals surface area contributed by atoms with Crippen LogP contribution in [-0.4, -0.2) is 37.8 Å². The van der Waals surface area contributed by atoms with Crippen LogP contribution in [0.25, 0.3) is 43.6 Å². The Morgan fingerprint density at radius 3 is 2.54 bits per heavy atom. The van der Waals surface area contributed by atoms with Gasteiger partial charge < -0.3 is 29.0 Å². The van der Waals surface area contributed by atoms with Crippen molar-refractivity contribution in [1.82, 2.24) is 14.5 Å². The summed E-state index contributed by atoms with van der Waals surface area (Å²) in [6, 6.07) is 16.0. The number of para-hydroxylation sites is 2. The fourth-order valence-electron chi connectivity index (χ4n) is 7.75. The van der Waals surface area contributed by atoms with E-state index in [4.69, 9.17) is 9.47 Å². The number of benzene rings is 3. The molecule has 0 spiro atoms. The molecule has 210 valence electrons. The van der Waals surface area contributed by atoms with Gasteiger partial charge in [0, 0.05) is 34.5 Å². The molecule has 1 saturated heterocycles. The van der Waals surface area contributed by atoms with Crippen molar-refractivity contribution in [3.63, 3.8) is 0 Å². The summed E-state index contributed by atoms with van der Waals surface area (Å²) >= 11 is 0. The topological polar surface area (TPSA) is 94.7 Å². The van der Waals surface area contributed by atoms with Gasteiger partial charge in [0.05, 0.1) is 27.6 Å². The number of rotatable bonds is 6. The average molecular weight is 552 g/mol. The van der Waals surface area contributed by atoms with Crippen LogP contribution in [0, 0.1) is 0 Å². The number of hydrogen-bond acceptors (Lipinski definition) is 5. The van der Waals surface area contributed by atoms with Gasteiger partial charge in [0.1, 0.15) is 12.3 Å². The van der Waals surface area contributed by atoms with E-state index in [-0.39, 0.29) is 18.4 Å². The first-order valence-electron chi connectivity index (χ1n) is 14.7. The van der Waals surface area contributed by atoms with Crippen molar-refractivity contribution < 1.29 is 24.2 Å². The summed E-state index contributed by atoms with van der Waals surface area (Å²) in [5, 5.41) is 19.3. The molecule has 5 heterocycles. The summed E-state index contributed by atoms with van der Waals surface area (Å²) in [5.74, 6) is -0.730. The van der Waals surface area contributed by atoms with Crippen molar-refractivity contribution in [1.29, 1.82) is 0 Å². The molecule has 5 aromatic rings. The maximum Gasteiger partial charge on any atom is 0.343 e. The molecule has 8 rings (SSSR count). The van der Waals surface area contributed by atoms with E-state index in [2.05, 4.69) is 16.8 Å². The summed E-state index contributed by atoms with van der Waals surface area (Å²) < 4.78 is 17.0. The Hall–Kier alpha value is -3.88. The summed E-state index contributed by atoms with van der Waals surface area (Å²) in [5.41, 5.74) is 1.72. The Kier molecular flexibility index (Phi) is 5.06. The number of unbranched alkanes of at least 4 members (excludes halogenated alkanes) is 1. The molecule has 0 radical (unpaired) electrons. The third-order valence-electron chi connectivity index (χ3n) is 9.78. The number of amides is 1. The second-order valence-electron chi connectivity index (χ2n) is 11.9. The van der Waals surface area contributed by atoms with Gasteiger partial charge in [-0.15, -0.1) is 0 Å². The molecule has 2 bridgehead atoms. The Morgan fingerprint density at radius 2 is 1.80 bits per heavy atom. The minimum Gasteiger partial charge on any atom is -0.460 e. The number of nitrogens with zero attached hydrogens (tertiary/aromatic N) is 2. The van der Waals surface area contributed by atoms with Crippen LogP contribution in [0.5, 0.6) is 0 Å². The number of carbonyl (C=O) groups is 2. The maximum atomic E-state index is 14.1. The number of esters is 1. The van der Waals surface area contributed by atoms with Crippen LogP contribution in [0.15, 0.2) is 48.5 Å². The first-order valence-corrected chi connectivity index (χ1v) is 14.7. The molecule has 1 amide bonds. The van der Waals surface area contributed by atoms with Crippen molar-refractivity contribution in [2.24, 2.45) is 0 Å². The molecule has 2 aromatic heterocycles. The molecule has 1 fully saturated rings. The molecule has 8 nitrogen and oxygen atoms in total. The lowest BCUT2D eigenvalue weighted by Gasteiger charge is -2.38. The molecule has 3 aliphatic rings. The minimum absolute atomic E-state index is 0.0248. The predicted molar refractivity (Wildman–Crippen MR) is 157 cm³/mol. The Balaban J connectivity index is 1.49. The average Bonchev–Trinajstić information content (AvgIpc) is 3.67. The molecule has 3 aromatic carbocycles. The number of aliphatic hydroxyl groups is 1. The van der Waals surface area contributed by atoms with E-state index in [1.54, 1.807) is 0 Å². The van der Waals surface area contributed by atoms with E-state index in [1.807, 2.05) is 66.9 Å². The van der Waals surface area contributed by atoms with Crippen LogP contribution < -0.4 is 5.32 Å². The standard InChI is InChI=1S/C33H33N3O5/c1-4-6-11-18(5-2)40-31(38)33(39)16-24-35-22-14-9-7-12-19(22)26-27-21(17-34-30(27)37)25-20-13-8-10-15-23(20)36(29(25)28(26)35)32(33,3)41-24/h7-10,12-15,18,24,39H,4-6,11,16-17H2,1-3H3,(H,34,37)/t18?,24-,32-,33+/m0/s1. The first-order chi connectivity index (χ1) is 19.8. The Labute approximate surface area is 236 Å². The largest absolute Gasteiger partial charge is 0.460 e. The van der Waals surface area contributed by atoms with E-state index in [0.717, 1.165) is 68.4 Å². The zero-order chi connectivity index (χ0) is 28.3. The van der Waals surface area contributed by atoms with E-state index in [9.17, 15) is 14.7 Å². The Morgan fingerprint density at radius 1 is 1.10 bits per heavy atom. The third kappa shape index (κ3) is 2.91. The van der Waals surface area contributed by atoms with Crippen LogP contribution in [0.4, 0.5) is 0 Å². The normalized spacial score (nSPS) is 25.4. The van der Waals surface area contributed by atoms with Gasteiger partial charge in [0.25, 0.3) is 5.91 Å². The number of aromatic nitrogens is 2. The summed E-state index contributed by atoms with van der Waals surface area (Å²) in [6.45, 7) is 6.34. The van der Waals surface area contributed by atoms with Gasteiger partial charge >= 0.3 is 5.97 Å². The van der Waals surface area contributed by atoms with Gasteiger partial charge in [-0.05, 0) is 37.5 Å². The van der Waals surface area contributed by atoms with Crippen molar-refractivity contribution in [3.05, 3.63) is 59.7 Å². The van der Waals surface area contributed by atoms with Gasteiger partial charge in [-0.2, -0.15) is 0 Å². The van der Waals surface area contributed by atoms with E-state index < -0.39 is 23.5 Å². The number of ether oxygens (including phenoxy) is 2. The number of nitrogens with one attached hydrogen (secondary N) is 1. The first kappa shape index (κ1) is 24.9. The number of hydrogen-bond donors (Lipinski definition) is 2. The van der Waals surface area contributed by atoms with Crippen molar-refractivity contribution >= 4 is 55.5 Å². The van der Waals surface area contributed by atoms with E-state index in [1.165, 1.54) is 0 Å². The molecule has 2 N–H and O–H groups in total. The van der Waals surface area contributed by atoms with Crippen LogP contribution in [-0.2, 0) is 26.5 Å². The van der Waals surface area contributed by atoms with Gasteiger partial charge in [-0.1, -0.05) is 63.1 Å². The predicted octanol–water partition coefficient (Wildman–Crippen LogP) is 5.99. The molecule has 0 aliphatic carbocycles. The third-order valence-corrected chi connectivity index (χ3v) is 9.78. The van der Waals surface area contributed by atoms with Crippen molar-refractivity contribution in [2.75, 3.05) is 0 Å². The second kappa shape index (κ2) is 8.33. The highest BCUT2D eigenvalue weighted by Crippen LogP contribution is 2.57. The molecular formula is C33H33N3O5. The highest BCUT2D eigenvalue weighted by molar-refractivity contribution is 6.31. The van der Waals surface area contributed by atoms with Crippen molar-refractivity contribution in [3.8, 4) is 0 Å².